The van der Waals surface area contributed by atoms with Crippen molar-refractivity contribution in [2.24, 2.45) is 0 Å². The maximum atomic E-state index is 12.0. The molecule has 1 amide bonds. The summed E-state index contributed by atoms with van der Waals surface area (Å²) in [5.74, 6) is -0.127. The number of rotatable bonds is 8. The van der Waals surface area contributed by atoms with Crippen molar-refractivity contribution < 1.29 is 17.9 Å². The third-order valence-corrected chi connectivity index (χ3v) is 4.31. The van der Waals surface area contributed by atoms with Crippen LogP contribution in [0.2, 0.25) is 0 Å². The van der Waals surface area contributed by atoms with Gasteiger partial charge in [-0.15, -0.1) is 12.4 Å². The number of benzene rings is 1. The number of nitrogens with one attached hydrogen (secondary N) is 3. The van der Waals surface area contributed by atoms with Crippen LogP contribution < -0.4 is 20.1 Å². The molecule has 0 fully saturated rings. The van der Waals surface area contributed by atoms with Gasteiger partial charge in [-0.3, -0.25) is 4.79 Å². The van der Waals surface area contributed by atoms with E-state index >= 15 is 0 Å². The summed E-state index contributed by atoms with van der Waals surface area (Å²) in [6, 6.07) is 4.30. The van der Waals surface area contributed by atoms with E-state index < -0.39 is 10.0 Å². The first-order valence-corrected chi connectivity index (χ1v) is 7.99. The summed E-state index contributed by atoms with van der Waals surface area (Å²) in [7, 11) is 0.824. The summed E-state index contributed by atoms with van der Waals surface area (Å²) in [4.78, 5) is 11.9. The summed E-state index contributed by atoms with van der Waals surface area (Å²) in [5, 5.41) is 5.71. The Morgan fingerprint density at radius 2 is 1.91 bits per heavy atom. The molecule has 9 heteroatoms. The Morgan fingerprint density at radius 3 is 2.45 bits per heavy atom. The fourth-order valence-corrected chi connectivity index (χ4v) is 2.63. The van der Waals surface area contributed by atoms with E-state index in [0.29, 0.717) is 6.54 Å². The van der Waals surface area contributed by atoms with E-state index in [1.54, 1.807) is 0 Å². The predicted octanol–water partition coefficient (Wildman–Crippen LogP) is 0.364. The third-order valence-electron chi connectivity index (χ3n) is 2.87. The van der Waals surface area contributed by atoms with Crippen molar-refractivity contribution in [3.8, 4) is 5.75 Å². The standard InChI is InChI=1S/C13H21N3O4S.ClH/c1-14-7-4-8-16-13(17)10-5-6-11(20-3)12(9-10)21(18,19)15-2;/h5-6,9,14-15H,4,7-8H2,1-3H3,(H,16,17);1H. The molecule has 3 N–H and O–H groups in total. The van der Waals surface area contributed by atoms with Crippen LogP contribution in [-0.2, 0) is 10.0 Å². The average molecular weight is 352 g/mol. The lowest BCUT2D eigenvalue weighted by Gasteiger charge is -2.11. The van der Waals surface area contributed by atoms with E-state index in [1.807, 2.05) is 7.05 Å². The van der Waals surface area contributed by atoms with Crippen molar-refractivity contribution in [2.45, 2.75) is 11.3 Å². The average Bonchev–Trinajstić information content (AvgIpc) is 2.50. The minimum absolute atomic E-state index is 0. The number of carbonyl (C=O) groups is 1. The van der Waals surface area contributed by atoms with Gasteiger partial charge in [0, 0.05) is 12.1 Å². The lowest BCUT2D eigenvalue weighted by molar-refractivity contribution is 0.0953. The quantitative estimate of drug-likeness (QED) is 0.588. The largest absolute Gasteiger partial charge is 0.495 e. The van der Waals surface area contributed by atoms with Gasteiger partial charge >= 0.3 is 0 Å². The summed E-state index contributed by atoms with van der Waals surface area (Å²) in [6.07, 6.45) is 0.792. The van der Waals surface area contributed by atoms with Crippen LogP contribution >= 0.6 is 12.4 Å². The number of hydrogen-bond donors (Lipinski definition) is 3. The van der Waals surface area contributed by atoms with Gasteiger partial charge in [-0.1, -0.05) is 0 Å². The van der Waals surface area contributed by atoms with Gasteiger partial charge in [0.15, 0.2) is 0 Å². The molecule has 0 heterocycles. The molecule has 0 aliphatic rings. The molecule has 7 nitrogen and oxygen atoms in total. The van der Waals surface area contributed by atoms with Crippen LogP contribution in [0.3, 0.4) is 0 Å². The van der Waals surface area contributed by atoms with Crippen LogP contribution in [0.5, 0.6) is 5.75 Å². The van der Waals surface area contributed by atoms with Gasteiger partial charge in [0.2, 0.25) is 10.0 Å². The normalized spacial score (nSPS) is 10.7. The Bertz CT molecular complexity index is 593. The van der Waals surface area contributed by atoms with Gasteiger partial charge in [-0.2, -0.15) is 0 Å². The Kier molecular flexibility index (Phi) is 9.03. The Morgan fingerprint density at radius 1 is 1.23 bits per heavy atom. The molecule has 0 saturated heterocycles. The van der Waals surface area contributed by atoms with Gasteiger partial charge in [0.25, 0.3) is 5.91 Å². The van der Waals surface area contributed by atoms with Crippen LogP contribution in [0.4, 0.5) is 0 Å². The van der Waals surface area contributed by atoms with Gasteiger partial charge in [0.1, 0.15) is 10.6 Å². The Labute approximate surface area is 137 Å². The maximum Gasteiger partial charge on any atom is 0.251 e. The predicted molar refractivity (Wildman–Crippen MR) is 87.4 cm³/mol. The number of sulfonamides is 1. The molecule has 0 bridgehead atoms. The van der Waals surface area contributed by atoms with Crippen LogP contribution in [0.25, 0.3) is 0 Å². The molecule has 0 aromatic heterocycles. The molecule has 1 rings (SSSR count). The fourth-order valence-electron chi connectivity index (χ4n) is 1.71. The first-order valence-electron chi connectivity index (χ1n) is 6.50. The Balaban J connectivity index is 0.00000441. The highest BCUT2D eigenvalue weighted by molar-refractivity contribution is 7.89. The number of ether oxygens (including phenoxy) is 1. The number of methoxy groups -OCH3 is 1. The molecule has 0 unspecified atom stereocenters. The summed E-state index contributed by atoms with van der Waals surface area (Å²) in [5.41, 5.74) is 0.272. The second-order valence-electron chi connectivity index (χ2n) is 4.29. The molecule has 0 spiro atoms. The zero-order valence-electron chi connectivity index (χ0n) is 12.8. The Hall–Kier alpha value is -1.35. The van der Waals surface area contributed by atoms with E-state index in [4.69, 9.17) is 4.74 Å². The van der Waals surface area contributed by atoms with Crippen LogP contribution in [-0.4, -0.2) is 48.6 Å². The monoisotopic (exact) mass is 351 g/mol. The van der Waals surface area contributed by atoms with E-state index in [-0.39, 0.29) is 34.5 Å². The first kappa shape index (κ1) is 20.6. The molecule has 0 aliphatic carbocycles. The van der Waals surface area contributed by atoms with Gasteiger partial charge in [0.05, 0.1) is 7.11 Å². The van der Waals surface area contributed by atoms with E-state index in [0.717, 1.165) is 13.0 Å². The summed E-state index contributed by atoms with van der Waals surface area (Å²) in [6.45, 7) is 1.31. The second kappa shape index (κ2) is 9.62. The molecule has 1 aromatic carbocycles. The molecule has 126 valence electrons. The molecule has 1 aromatic rings. The second-order valence-corrected chi connectivity index (χ2v) is 6.14. The molecular formula is C13H22ClN3O4S. The van der Waals surface area contributed by atoms with Crippen LogP contribution in [0.1, 0.15) is 16.8 Å². The molecular weight excluding hydrogens is 330 g/mol. The van der Waals surface area contributed by atoms with Crippen molar-refractivity contribution in [3.63, 3.8) is 0 Å². The minimum Gasteiger partial charge on any atom is -0.495 e. The SMILES string of the molecule is CNCCCNC(=O)c1ccc(OC)c(S(=O)(=O)NC)c1.Cl. The third kappa shape index (κ3) is 5.45. The van der Waals surface area contributed by atoms with Crippen molar-refractivity contribution in [3.05, 3.63) is 23.8 Å². The molecule has 22 heavy (non-hydrogen) atoms. The van der Waals surface area contributed by atoms with Crippen LogP contribution in [0.15, 0.2) is 23.1 Å². The molecule has 0 atom stereocenters. The number of carbonyl (C=O) groups excluding carboxylic acids is 1. The van der Waals surface area contributed by atoms with E-state index in [9.17, 15) is 13.2 Å². The summed E-state index contributed by atoms with van der Waals surface area (Å²) >= 11 is 0. The topological polar surface area (TPSA) is 96.5 Å². The van der Waals surface area contributed by atoms with Crippen molar-refractivity contribution >= 4 is 28.3 Å². The zero-order chi connectivity index (χ0) is 15.9. The number of halogens is 1. The lowest BCUT2D eigenvalue weighted by atomic mass is 10.2. The lowest BCUT2D eigenvalue weighted by Crippen LogP contribution is -2.27. The molecule has 0 radical (unpaired) electrons. The highest BCUT2D eigenvalue weighted by atomic mass is 35.5. The smallest absolute Gasteiger partial charge is 0.251 e. The zero-order valence-corrected chi connectivity index (χ0v) is 14.4. The first-order chi connectivity index (χ1) is 9.96. The van der Waals surface area contributed by atoms with Crippen molar-refractivity contribution in [1.82, 2.24) is 15.4 Å². The number of hydrogen-bond acceptors (Lipinski definition) is 5. The fraction of sp³-hybridized carbons (Fsp3) is 0.462. The minimum atomic E-state index is -3.69. The molecule has 0 saturated carbocycles. The van der Waals surface area contributed by atoms with Crippen molar-refractivity contribution in [1.29, 1.82) is 0 Å². The van der Waals surface area contributed by atoms with Gasteiger partial charge in [-0.25, -0.2) is 13.1 Å². The highest BCUT2D eigenvalue weighted by Crippen LogP contribution is 2.24. The highest BCUT2D eigenvalue weighted by Gasteiger charge is 2.19. The molecule has 0 aliphatic heterocycles. The van der Waals surface area contributed by atoms with E-state index in [1.165, 1.54) is 32.4 Å². The van der Waals surface area contributed by atoms with Crippen LogP contribution in [0, 0.1) is 0 Å². The van der Waals surface area contributed by atoms with E-state index in [2.05, 4.69) is 15.4 Å². The van der Waals surface area contributed by atoms with Gasteiger partial charge in [-0.05, 0) is 45.3 Å². The van der Waals surface area contributed by atoms with Gasteiger partial charge < -0.3 is 15.4 Å². The summed E-state index contributed by atoms with van der Waals surface area (Å²) < 4.78 is 31.1. The number of amides is 1. The maximum absolute atomic E-state index is 12.0. The van der Waals surface area contributed by atoms with Crippen molar-refractivity contribution in [2.75, 3.05) is 34.3 Å².